The van der Waals surface area contributed by atoms with Crippen LogP contribution in [0.2, 0.25) is 31.4 Å². The van der Waals surface area contributed by atoms with Gasteiger partial charge in [0.25, 0.3) is 0 Å². The number of hydrogen-bond acceptors (Lipinski definition) is 0. The molecule has 1 N–H and O–H groups in total. The van der Waals surface area contributed by atoms with Gasteiger partial charge in [0.2, 0.25) is 0 Å². The van der Waals surface area contributed by atoms with E-state index in [0.29, 0.717) is 0 Å². The summed E-state index contributed by atoms with van der Waals surface area (Å²) in [6.45, 7) is 4.65. The van der Waals surface area contributed by atoms with Gasteiger partial charge in [0.15, 0.2) is 0 Å². The summed E-state index contributed by atoms with van der Waals surface area (Å²) in [7, 11) is -5.16. The zero-order chi connectivity index (χ0) is 15.7. The average Bonchev–Trinajstić information content (AvgIpc) is 2.91. The number of halogens is 2. The van der Waals surface area contributed by atoms with Crippen molar-refractivity contribution in [1.82, 2.24) is 4.98 Å². The molecule has 0 fully saturated rings. The van der Waals surface area contributed by atoms with Gasteiger partial charge in [0.05, 0.1) is 0 Å². The number of nitrogens with one attached hydrogen (secondary N) is 1. The zero-order valence-electron chi connectivity index (χ0n) is 15.5. The SMILES string of the molecule is C[C](C)=[Ti]([CH3])([CH3])([CH3])([CH3])([CH3])([CH3])([C]1=CC=CC1)[c]1ccc[nH]1.Cl.Cl. The van der Waals surface area contributed by atoms with Gasteiger partial charge in [0.1, 0.15) is 0 Å². The van der Waals surface area contributed by atoms with Gasteiger partial charge in [-0.2, -0.15) is 0 Å². The second kappa shape index (κ2) is 2.97. The van der Waals surface area contributed by atoms with Gasteiger partial charge in [-0.05, 0) is 0 Å². The largest absolute Gasteiger partial charge is 0.147 e. The average molecular weight is 384 g/mol. The number of hydrogen-bond donors (Lipinski definition) is 1. The summed E-state index contributed by atoms with van der Waals surface area (Å²) in [4.78, 5) is 3.62. The molecule has 22 heavy (non-hydrogen) atoms. The molecule has 0 atom stereocenters. The first kappa shape index (κ1) is 21.9. The van der Waals surface area contributed by atoms with E-state index < -0.39 is 9.71 Å². The molecule has 1 aromatic heterocycles. The van der Waals surface area contributed by atoms with Crippen LogP contribution >= 0.6 is 24.8 Å². The Morgan fingerprint density at radius 1 is 1.00 bits per heavy atom. The van der Waals surface area contributed by atoms with Gasteiger partial charge in [0, 0.05) is 0 Å². The molecular formula is C18H35Cl2NTi. The maximum atomic E-state index is 3.62. The Balaban J connectivity index is 0.00000220. The molecule has 2 rings (SSSR count). The Bertz CT molecular complexity index is 854. The zero-order valence-corrected chi connectivity index (χ0v) is 18.7. The molecule has 130 valence electrons. The number of H-pyrrole nitrogens is 1. The van der Waals surface area contributed by atoms with E-state index in [-0.39, 0.29) is 24.8 Å². The molecule has 0 radical (unpaired) electrons. The van der Waals surface area contributed by atoms with E-state index in [0.717, 1.165) is 6.42 Å². The van der Waals surface area contributed by atoms with Crippen LogP contribution in [-0.4, -0.2) is 8.80 Å². The second-order valence-electron chi connectivity index (χ2n) is 15.8. The summed E-state index contributed by atoms with van der Waals surface area (Å²) in [6, 6.07) is 4.42. The van der Waals surface area contributed by atoms with Crippen LogP contribution in [0.4, 0.5) is 0 Å². The maximum absolute atomic E-state index is 5.16. The van der Waals surface area contributed by atoms with Crippen molar-refractivity contribution in [2.24, 2.45) is 0 Å². The van der Waals surface area contributed by atoms with Crippen LogP contribution < -0.4 is 4.00 Å². The third kappa shape index (κ3) is 1.86. The summed E-state index contributed by atoms with van der Waals surface area (Å²) in [5, 5.41) is 15.3. The van der Waals surface area contributed by atoms with Crippen molar-refractivity contribution in [3.05, 3.63) is 40.4 Å². The molecule has 0 aromatic carbocycles. The van der Waals surface area contributed by atoms with E-state index in [1.807, 2.05) is 0 Å². The van der Waals surface area contributed by atoms with Crippen LogP contribution in [0.25, 0.3) is 0 Å². The minimum atomic E-state index is -5.16. The molecule has 0 spiro atoms. The van der Waals surface area contributed by atoms with Gasteiger partial charge >= 0.3 is 115 Å². The van der Waals surface area contributed by atoms with Crippen LogP contribution in [-0.2, 0) is 9.71 Å². The van der Waals surface area contributed by atoms with E-state index in [9.17, 15) is 0 Å². The normalized spacial score (nSPS) is 23.8. The molecule has 0 unspecified atom stereocenters. The van der Waals surface area contributed by atoms with Crippen LogP contribution in [0.5, 0.6) is 0 Å². The minimum Gasteiger partial charge on any atom is -0.147 e. The minimum absolute atomic E-state index is 0. The molecule has 0 bridgehead atoms. The standard InChI is InChI=1S/C5H5.C4H4N.C3H6.6CH3.2ClH.Ti/c2*1-2-4-5-3-1;1-3-2;;;;;;;;;/h1-3H,4H2;1-3,5H;1-2H3;6*1H3;2*1H;. The smallest absolute Gasteiger partial charge is 0.147 e. The number of aromatic amines is 1. The first-order valence-corrected chi connectivity index (χ1v) is 19.7. The maximum Gasteiger partial charge on any atom is -0.147 e. The van der Waals surface area contributed by atoms with Gasteiger partial charge in [-0.15, -0.1) is 24.8 Å². The quantitative estimate of drug-likeness (QED) is 0.549. The predicted molar refractivity (Wildman–Crippen MR) is 108 cm³/mol. The summed E-state index contributed by atoms with van der Waals surface area (Å²) < 4.78 is 4.41. The van der Waals surface area contributed by atoms with Crippen LogP contribution in [0.3, 0.4) is 0 Å². The molecule has 0 saturated carbocycles. The van der Waals surface area contributed by atoms with Crippen molar-refractivity contribution in [2.75, 3.05) is 0 Å². The van der Waals surface area contributed by atoms with E-state index in [1.165, 1.54) is 7.81 Å². The van der Waals surface area contributed by atoms with Crippen molar-refractivity contribution in [3.63, 3.8) is 0 Å². The molecule has 1 heterocycles. The fraction of sp³-hybridized carbons (Fsp3) is 0.500. The summed E-state index contributed by atoms with van der Waals surface area (Å²) >= 11 is 0. The van der Waals surface area contributed by atoms with Gasteiger partial charge < -0.3 is 0 Å². The molecule has 0 amide bonds. The van der Waals surface area contributed by atoms with Crippen LogP contribution in [0, 0.1) is 0 Å². The molecule has 1 aliphatic rings. The number of rotatable bonds is 2. The van der Waals surface area contributed by atoms with Crippen LogP contribution in [0.1, 0.15) is 20.3 Å². The first-order chi connectivity index (χ1) is 8.37. The Morgan fingerprint density at radius 3 is 1.86 bits per heavy atom. The van der Waals surface area contributed by atoms with Crippen molar-refractivity contribution < 1.29 is 9.71 Å². The molecule has 1 nitrogen and oxygen atoms in total. The molecule has 1 aliphatic carbocycles. The molecule has 1 aromatic rings. The van der Waals surface area contributed by atoms with Crippen LogP contribution in [0.15, 0.2) is 40.4 Å². The van der Waals surface area contributed by atoms with Crippen molar-refractivity contribution in [2.45, 2.75) is 51.6 Å². The van der Waals surface area contributed by atoms with E-state index >= 15 is 0 Å². The predicted octanol–water partition coefficient (Wildman–Crippen LogP) is 6.66. The summed E-state index contributed by atoms with van der Waals surface area (Å²) in [5.41, 5.74) is 0. The fourth-order valence-corrected chi connectivity index (χ4v) is 14.4. The number of aromatic nitrogens is 1. The Morgan fingerprint density at radius 2 is 1.55 bits per heavy atom. The summed E-state index contributed by atoms with van der Waals surface area (Å²) in [6.07, 6.45) is 9.95. The molecule has 0 aliphatic heterocycles. The third-order valence-corrected chi connectivity index (χ3v) is 33.9. The topological polar surface area (TPSA) is 15.8 Å². The van der Waals surface area contributed by atoms with Crippen molar-refractivity contribution in [1.29, 1.82) is 0 Å². The number of allylic oxidation sites excluding steroid dienone is 4. The molecule has 0 saturated heterocycles. The molecule has 4 heteroatoms. The summed E-state index contributed by atoms with van der Waals surface area (Å²) in [5.74, 6) is 0. The van der Waals surface area contributed by atoms with Crippen molar-refractivity contribution in [3.8, 4) is 0 Å². The first-order valence-electron chi connectivity index (χ1n) is 7.96. The fourth-order valence-electron chi connectivity index (χ4n) is 3.93. The van der Waals surface area contributed by atoms with E-state index in [2.05, 4.69) is 86.8 Å². The Hall–Kier alpha value is -0.0757. The molecular weight excluding hydrogens is 349 g/mol. The van der Waals surface area contributed by atoms with E-state index in [4.69, 9.17) is 0 Å². The third-order valence-electron chi connectivity index (χ3n) is 9.00. The van der Waals surface area contributed by atoms with Gasteiger partial charge in [-0.25, -0.2) is 0 Å². The Labute approximate surface area is 139 Å². The van der Waals surface area contributed by atoms with Crippen molar-refractivity contribution >= 4 is 32.6 Å². The van der Waals surface area contributed by atoms with Gasteiger partial charge in [-0.1, -0.05) is 0 Å². The van der Waals surface area contributed by atoms with Gasteiger partial charge in [-0.3, -0.25) is 0 Å². The second-order valence-corrected chi connectivity index (χ2v) is 57.8. The van der Waals surface area contributed by atoms with E-state index in [1.54, 1.807) is 3.88 Å². The monoisotopic (exact) mass is 383 g/mol. The Kier molecular flexibility index (Phi) is 2.96.